The molecule has 0 saturated carbocycles. The normalized spacial score (nSPS) is 13.1. The zero-order valence-corrected chi connectivity index (χ0v) is 17.9. The van der Waals surface area contributed by atoms with Crippen LogP contribution in [-0.4, -0.2) is 39.7 Å². The van der Waals surface area contributed by atoms with Crippen LogP contribution >= 0.6 is 0 Å². The van der Waals surface area contributed by atoms with Gasteiger partial charge in [-0.1, -0.05) is 24.3 Å². The molecule has 0 bridgehead atoms. The standard InChI is InChI=1S/C23H25N7O2/c1-3-29-20(11-12-25-29)28-22(31)16-10-9-15(2)19(13-16)27-23(32)18-14-26-30(21(18)24)17-7-5-4-6-8-17/h4-11,13-14,25H,3,12,24H2,1-2H3,(H,27,32)(H,28,31). The Labute approximate surface area is 185 Å². The average Bonchev–Trinajstić information content (AvgIpc) is 3.41. The van der Waals surface area contributed by atoms with Gasteiger partial charge in [0.05, 0.1) is 11.9 Å². The lowest BCUT2D eigenvalue weighted by Gasteiger charge is -2.20. The molecule has 1 aliphatic heterocycles. The first-order valence-corrected chi connectivity index (χ1v) is 10.3. The summed E-state index contributed by atoms with van der Waals surface area (Å²) < 4.78 is 1.51. The maximum absolute atomic E-state index is 12.9. The Balaban J connectivity index is 1.52. The summed E-state index contributed by atoms with van der Waals surface area (Å²) in [4.78, 5) is 25.6. The number of amides is 2. The molecule has 1 aromatic heterocycles. The topological polar surface area (TPSA) is 117 Å². The third-order valence-electron chi connectivity index (χ3n) is 5.23. The van der Waals surface area contributed by atoms with E-state index in [0.717, 1.165) is 17.8 Å². The zero-order valence-electron chi connectivity index (χ0n) is 17.9. The van der Waals surface area contributed by atoms with Gasteiger partial charge in [-0.2, -0.15) is 5.10 Å². The highest BCUT2D eigenvalue weighted by atomic mass is 16.2. The molecule has 0 spiro atoms. The number of nitrogens with two attached hydrogens (primary N) is 1. The van der Waals surface area contributed by atoms with Crippen molar-refractivity contribution in [3.63, 3.8) is 0 Å². The maximum atomic E-state index is 12.9. The third-order valence-corrected chi connectivity index (χ3v) is 5.23. The van der Waals surface area contributed by atoms with E-state index in [1.165, 1.54) is 10.9 Å². The summed E-state index contributed by atoms with van der Waals surface area (Å²) in [6, 6.07) is 14.5. The van der Waals surface area contributed by atoms with Crippen molar-refractivity contribution in [1.82, 2.24) is 25.5 Å². The Morgan fingerprint density at radius 2 is 1.91 bits per heavy atom. The second kappa shape index (κ2) is 8.94. The number of rotatable bonds is 6. The fourth-order valence-corrected chi connectivity index (χ4v) is 3.43. The molecule has 32 heavy (non-hydrogen) atoms. The second-order valence-electron chi connectivity index (χ2n) is 7.32. The molecule has 2 amide bonds. The lowest BCUT2D eigenvalue weighted by molar-refractivity contribution is 0.0947. The van der Waals surface area contributed by atoms with Crippen molar-refractivity contribution >= 4 is 23.3 Å². The van der Waals surface area contributed by atoms with Gasteiger partial charge in [-0.3, -0.25) is 14.6 Å². The van der Waals surface area contributed by atoms with E-state index in [-0.39, 0.29) is 17.3 Å². The number of anilines is 2. The molecule has 0 aliphatic carbocycles. The van der Waals surface area contributed by atoms with Crippen LogP contribution in [0.1, 0.15) is 33.2 Å². The van der Waals surface area contributed by atoms with Crippen LogP contribution in [-0.2, 0) is 0 Å². The summed E-state index contributed by atoms with van der Waals surface area (Å²) in [5.74, 6) is 0.292. The number of hydrogen-bond donors (Lipinski definition) is 4. The molecular formula is C23H25N7O2. The van der Waals surface area contributed by atoms with Crippen molar-refractivity contribution in [2.75, 3.05) is 24.1 Å². The van der Waals surface area contributed by atoms with Crippen LogP contribution in [0.3, 0.4) is 0 Å². The van der Waals surface area contributed by atoms with Gasteiger partial charge in [-0.25, -0.2) is 10.1 Å². The van der Waals surface area contributed by atoms with Gasteiger partial charge in [-0.15, -0.1) is 0 Å². The number of nitrogens with zero attached hydrogens (tertiary/aromatic N) is 3. The molecule has 0 unspecified atom stereocenters. The lowest BCUT2D eigenvalue weighted by atomic mass is 10.1. The van der Waals surface area contributed by atoms with Gasteiger partial charge in [0, 0.05) is 24.3 Å². The summed E-state index contributed by atoms with van der Waals surface area (Å²) in [7, 11) is 0. The van der Waals surface area contributed by atoms with Gasteiger partial charge >= 0.3 is 0 Å². The molecule has 2 aromatic carbocycles. The van der Waals surface area contributed by atoms with Crippen LogP contribution < -0.4 is 21.8 Å². The van der Waals surface area contributed by atoms with Crippen LogP contribution in [0.15, 0.2) is 66.6 Å². The van der Waals surface area contributed by atoms with Gasteiger partial charge in [0.15, 0.2) is 0 Å². The number of benzene rings is 2. The molecule has 164 valence electrons. The van der Waals surface area contributed by atoms with E-state index in [1.807, 2.05) is 55.3 Å². The fourth-order valence-electron chi connectivity index (χ4n) is 3.43. The van der Waals surface area contributed by atoms with Crippen molar-refractivity contribution in [2.24, 2.45) is 0 Å². The summed E-state index contributed by atoms with van der Waals surface area (Å²) in [6.07, 6.45) is 3.34. The number of nitrogens with one attached hydrogen (secondary N) is 3. The molecule has 9 heteroatoms. The predicted octanol–water partition coefficient (Wildman–Crippen LogP) is 2.43. The van der Waals surface area contributed by atoms with Crippen LogP contribution in [0.4, 0.5) is 11.5 Å². The van der Waals surface area contributed by atoms with Crippen LogP contribution in [0.5, 0.6) is 0 Å². The number of aromatic nitrogens is 2. The number of para-hydroxylation sites is 1. The zero-order chi connectivity index (χ0) is 22.7. The minimum atomic E-state index is -0.398. The van der Waals surface area contributed by atoms with Gasteiger partial charge in [0.2, 0.25) is 0 Å². The Hall–Kier alpha value is -4.11. The van der Waals surface area contributed by atoms with Crippen molar-refractivity contribution in [3.8, 4) is 5.69 Å². The van der Waals surface area contributed by atoms with E-state index in [4.69, 9.17) is 5.73 Å². The van der Waals surface area contributed by atoms with Gasteiger partial charge in [0.1, 0.15) is 17.2 Å². The first-order chi connectivity index (χ1) is 15.5. The van der Waals surface area contributed by atoms with Gasteiger partial charge in [0.25, 0.3) is 11.8 Å². The highest BCUT2D eigenvalue weighted by Gasteiger charge is 2.19. The minimum absolute atomic E-state index is 0.237. The molecular weight excluding hydrogens is 406 g/mol. The molecule has 3 aromatic rings. The Bertz CT molecular complexity index is 1180. The third kappa shape index (κ3) is 4.19. The highest BCUT2D eigenvalue weighted by Crippen LogP contribution is 2.22. The Morgan fingerprint density at radius 1 is 1.12 bits per heavy atom. The van der Waals surface area contributed by atoms with Crippen LogP contribution in [0, 0.1) is 6.92 Å². The largest absolute Gasteiger partial charge is 0.383 e. The number of carbonyl (C=O) groups is 2. The number of nitrogen functional groups attached to an aromatic ring is 1. The first kappa shape index (κ1) is 21.1. The van der Waals surface area contributed by atoms with Crippen molar-refractivity contribution in [1.29, 1.82) is 0 Å². The SMILES string of the molecule is CCN1NCC=C1NC(=O)c1ccc(C)c(NC(=O)c2cnn(-c3ccccc3)c2N)c1. The van der Waals surface area contributed by atoms with Gasteiger partial charge < -0.3 is 16.4 Å². The van der Waals surface area contributed by atoms with Crippen LogP contribution in [0.2, 0.25) is 0 Å². The fraction of sp³-hybridized carbons (Fsp3) is 0.174. The summed E-state index contributed by atoms with van der Waals surface area (Å²) in [5.41, 5.74) is 12.1. The predicted molar refractivity (Wildman–Crippen MR) is 123 cm³/mol. The quantitative estimate of drug-likeness (QED) is 0.476. The number of aryl methyl sites for hydroxylation is 1. The van der Waals surface area contributed by atoms with E-state index < -0.39 is 5.91 Å². The average molecular weight is 432 g/mol. The monoisotopic (exact) mass is 431 g/mol. The maximum Gasteiger partial charge on any atom is 0.261 e. The van der Waals surface area contributed by atoms with Crippen molar-refractivity contribution in [2.45, 2.75) is 13.8 Å². The first-order valence-electron chi connectivity index (χ1n) is 10.3. The smallest absolute Gasteiger partial charge is 0.261 e. The van der Waals surface area contributed by atoms with Gasteiger partial charge in [-0.05, 0) is 49.8 Å². The summed E-state index contributed by atoms with van der Waals surface area (Å²) in [5, 5.41) is 11.9. The summed E-state index contributed by atoms with van der Waals surface area (Å²) >= 11 is 0. The van der Waals surface area contributed by atoms with E-state index in [0.29, 0.717) is 23.6 Å². The molecule has 0 radical (unpaired) electrons. The summed E-state index contributed by atoms with van der Waals surface area (Å²) in [6.45, 7) is 5.23. The molecule has 2 heterocycles. The Kier molecular flexibility index (Phi) is 5.91. The number of carbonyl (C=O) groups excluding carboxylic acids is 2. The van der Waals surface area contributed by atoms with E-state index in [2.05, 4.69) is 21.2 Å². The van der Waals surface area contributed by atoms with E-state index >= 15 is 0 Å². The van der Waals surface area contributed by atoms with Crippen LogP contribution in [0.25, 0.3) is 5.69 Å². The molecule has 0 saturated heterocycles. The minimum Gasteiger partial charge on any atom is -0.383 e. The van der Waals surface area contributed by atoms with E-state index in [9.17, 15) is 9.59 Å². The number of hydrazine groups is 1. The lowest BCUT2D eigenvalue weighted by Crippen LogP contribution is -2.38. The van der Waals surface area contributed by atoms with Crippen molar-refractivity contribution < 1.29 is 9.59 Å². The highest BCUT2D eigenvalue weighted by molar-refractivity contribution is 6.08. The molecule has 5 N–H and O–H groups in total. The molecule has 4 rings (SSSR count). The molecule has 0 fully saturated rings. The molecule has 1 aliphatic rings. The molecule has 0 atom stereocenters. The molecule has 9 nitrogen and oxygen atoms in total. The Morgan fingerprint density at radius 3 is 2.66 bits per heavy atom. The van der Waals surface area contributed by atoms with E-state index in [1.54, 1.807) is 18.2 Å². The second-order valence-corrected chi connectivity index (χ2v) is 7.32. The number of hydrogen-bond acceptors (Lipinski definition) is 6. The van der Waals surface area contributed by atoms with Crippen molar-refractivity contribution in [3.05, 3.63) is 83.3 Å².